The highest BCUT2D eigenvalue weighted by Gasteiger charge is 2.43. The van der Waals surface area contributed by atoms with Gasteiger partial charge in [-0.3, -0.25) is 4.79 Å². The standard InChI is InChI=1S/C19H28O2/c1-14(2)16-7-5-15(6-8-16)13-19(17(20)21)11-9-18(3,4)10-12-19/h5-8,14H,9-13H2,1-4H3,(H,20,21). The molecule has 1 fully saturated rings. The Morgan fingerprint density at radius 2 is 1.62 bits per heavy atom. The molecule has 1 aromatic carbocycles. The van der Waals surface area contributed by atoms with E-state index in [-0.39, 0.29) is 0 Å². The van der Waals surface area contributed by atoms with E-state index in [1.165, 1.54) is 5.56 Å². The number of carboxylic acid groups (broad SMARTS) is 1. The third-order valence-electron chi connectivity index (χ3n) is 5.20. The van der Waals surface area contributed by atoms with Gasteiger partial charge in [-0.05, 0) is 54.6 Å². The number of rotatable bonds is 4. The van der Waals surface area contributed by atoms with Gasteiger partial charge in [-0.15, -0.1) is 0 Å². The van der Waals surface area contributed by atoms with Crippen molar-refractivity contribution in [3.63, 3.8) is 0 Å². The molecule has 0 atom stereocenters. The summed E-state index contributed by atoms with van der Waals surface area (Å²) in [6.45, 7) is 8.85. The average molecular weight is 288 g/mol. The van der Waals surface area contributed by atoms with Crippen LogP contribution in [0.1, 0.15) is 70.4 Å². The number of carbonyl (C=O) groups is 1. The quantitative estimate of drug-likeness (QED) is 0.844. The Kier molecular flexibility index (Phi) is 4.46. The summed E-state index contributed by atoms with van der Waals surface area (Å²) in [7, 11) is 0. The molecule has 0 bridgehead atoms. The molecule has 0 spiro atoms. The lowest BCUT2D eigenvalue weighted by atomic mass is 9.63. The molecule has 0 radical (unpaired) electrons. The Hall–Kier alpha value is -1.31. The second-order valence-corrected chi connectivity index (χ2v) is 7.82. The normalized spacial score (nSPS) is 20.4. The summed E-state index contributed by atoms with van der Waals surface area (Å²) in [6.07, 6.45) is 4.26. The summed E-state index contributed by atoms with van der Waals surface area (Å²) in [4.78, 5) is 11.9. The lowest BCUT2D eigenvalue weighted by Gasteiger charge is -2.41. The van der Waals surface area contributed by atoms with Gasteiger partial charge in [-0.25, -0.2) is 0 Å². The van der Waals surface area contributed by atoms with E-state index in [1.807, 2.05) is 0 Å². The molecule has 1 saturated carbocycles. The number of carboxylic acids is 1. The van der Waals surface area contributed by atoms with Gasteiger partial charge >= 0.3 is 5.97 Å². The van der Waals surface area contributed by atoms with E-state index in [1.54, 1.807) is 0 Å². The zero-order valence-corrected chi connectivity index (χ0v) is 13.8. The van der Waals surface area contributed by atoms with Gasteiger partial charge in [0.1, 0.15) is 0 Å². The minimum atomic E-state index is -0.620. The van der Waals surface area contributed by atoms with Crippen molar-refractivity contribution >= 4 is 5.97 Å². The third kappa shape index (κ3) is 3.66. The van der Waals surface area contributed by atoms with Gasteiger partial charge in [0, 0.05) is 0 Å². The maximum absolute atomic E-state index is 11.9. The molecule has 0 amide bonds. The van der Waals surface area contributed by atoms with E-state index < -0.39 is 11.4 Å². The molecule has 2 rings (SSSR count). The monoisotopic (exact) mass is 288 g/mol. The van der Waals surface area contributed by atoms with Crippen LogP contribution in [0.15, 0.2) is 24.3 Å². The summed E-state index contributed by atoms with van der Waals surface area (Å²) >= 11 is 0. The summed E-state index contributed by atoms with van der Waals surface area (Å²) in [5.74, 6) is -0.103. The zero-order valence-electron chi connectivity index (χ0n) is 13.8. The van der Waals surface area contributed by atoms with E-state index in [2.05, 4.69) is 52.0 Å². The van der Waals surface area contributed by atoms with Crippen LogP contribution in [0.3, 0.4) is 0 Å². The van der Waals surface area contributed by atoms with Crippen LogP contribution in [-0.2, 0) is 11.2 Å². The van der Waals surface area contributed by atoms with Crippen molar-refractivity contribution in [2.24, 2.45) is 10.8 Å². The van der Waals surface area contributed by atoms with E-state index in [4.69, 9.17) is 0 Å². The van der Waals surface area contributed by atoms with Gasteiger partial charge in [0.25, 0.3) is 0 Å². The Morgan fingerprint density at radius 1 is 1.10 bits per heavy atom. The SMILES string of the molecule is CC(C)c1ccc(CC2(C(=O)O)CCC(C)(C)CC2)cc1. The third-order valence-corrected chi connectivity index (χ3v) is 5.20. The molecular formula is C19H28O2. The highest BCUT2D eigenvalue weighted by atomic mass is 16.4. The van der Waals surface area contributed by atoms with Crippen LogP contribution in [0.25, 0.3) is 0 Å². The van der Waals surface area contributed by atoms with Gasteiger partial charge in [-0.1, -0.05) is 52.0 Å². The minimum absolute atomic E-state index is 0.292. The maximum Gasteiger partial charge on any atom is 0.309 e. The van der Waals surface area contributed by atoms with Crippen LogP contribution in [0, 0.1) is 10.8 Å². The van der Waals surface area contributed by atoms with E-state index in [0.717, 1.165) is 31.2 Å². The predicted molar refractivity (Wildman–Crippen MR) is 86.6 cm³/mol. The first-order valence-electron chi connectivity index (χ1n) is 8.06. The minimum Gasteiger partial charge on any atom is -0.481 e. The second-order valence-electron chi connectivity index (χ2n) is 7.82. The van der Waals surface area contributed by atoms with E-state index in [0.29, 0.717) is 17.8 Å². The Balaban J connectivity index is 2.15. The first-order chi connectivity index (χ1) is 9.74. The second kappa shape index (κ2) is 5.82. The fourth-order valence-corrected chi connectivity index (χ4v) is 3.28. The molecule has 21 heavy (non-hydrogen) atoms. The van der Waals surface area contributed by atoms with Crippen LogP contribution in [0.4, 0.5) is 0 Å². The van der Waals surface area contributed by atoms with Crippen molar-refractivity contribution in [3.8, 4) is 0 Å². The summed E-state index contributed by atoms with van der Waals surface area (Å²) < 4.78 is 0. The van der Waals surface area contributed by atoms with Crippen molar-refractivity contribution in [3.05, 3.63) is 35.4 Å². The van der Waals surface area contributed by atoms with Crippen molar-refractivity contribution in [1.82, 2.24) is 0 Å². The molecule has 1 aromatic rings. The lowest BCUT2D eigenvalue weighted by molar-refractivity contribution is -0.152. The molecule has 2 heteroatoms. The van der Waals surface area contributed by atoms with Gasteiger partial charge in [0.05, 0.1) is 5.41 Å². The predicted octanol–water partition coefficient (Wildman–Crippen LogP) is 5.02. The van der Waals surface area contributed by atoms with Gasteiger partial charge in [0.2, 0.25) is 0 Å². The molecular weight excluding hydrogens is 260 g/mol. The first-order valence-corrected chi connectivity index (χ1v) is 8.06. The first kappa shape index (κ1) is 16.1. The zero-order chi connectivity index (χ0) is 15.7. The van der Waals surface area contributed by atoms with Crippen molar-refractivity contribution in [1.29, 1.82) is 0 Å². The van der Waals surface area contributed by atoms with E-state index in [9.17, 15) is 9.90 Å². The topological polar surface area (TPSA) is 37.3 Å². The largest absolute Gasteiger partial charge is 0.481 e. The molecule has 0 aromatic heterocycles. The highest BCUT2D eigenvalue weighted by Crippen LogP contribution is 2.47. The summed E-state index contributed by atoms with van der Waals surface area (Å²) in [5.41, 5.74) is 2.20. The van der Waals surface area contributed by atoms with Crippen molar-refractivity contribution in [2.75, 3.05) is 0 Å². The van der Waals surface area contributed by atoms with Gasteiger partial charge in [-0.2, -0.15) is 0 Å². The Bertz CT molecular complexity index is 487. The van der Waals surface area contributed by atoms with Crippen LogP contribution < -0.4 is 0 Å². The highest BCUT2D eigenvalue weighted by molar-refractivity contribution is 5.75. The molecule has 0 saturated heterocycles. The smallest absolute Gasteiger partial charge is 0.309 e. The van der Waals surface area contributed by atoms with E-state index >= 15 is 0 Å². The van der Waals surface area contributed by atoms with Gasteiger partial charge < -0.3 is 5.11 Å². The summed E-state index contributed by atoms with van der Waals surface area (Å²) in [5, 5.41) is 9.76. The van der Waals surface area contributed by atoms with Crippen LogP contribution in [0.2, 0.25) is 0 Å². The molecule has 0 unspecified atom stereocenters. The van der Waals surface area contributed by atoms with Gasteiger partial charge in [0.15, 0.2) is 0 Å². The number of aliphatic carboxylic acids is 1. The maximum atomic E-state index is 11.9. The number of hydrogen-bond acceptors (Lipinski definition) is 1. The number of hydrogen-bond donors (Lipinski definition) is 1. The van der Waals surface area contributed by atoms with Crippen LogP contribution >= 0.6 is 0 Å². The molecule has 1 N–H and O–H groups in total. The average Bonchev–Trinajstić information content (AvgIpc) is 2.42. The van der Waals surface area contributed by atoms with Crippen molar-refractivity contribution < 1.29 is 9.90 Å². The van der Waals surface area contributed by atoms with Crippen molar-refractivity contribution in [2.45, 2.75) is 65.7 Å². The molecule has 1 aliphatic rings. The molecule has 116 valence electrons. The lowest BCUT2D eigenvalue weighted by Crippen LogP contribution is -2.39. The Labute approximate surface area is 128 Å². The fourth-order valence-electron chi connectivity index (χ4n) is 3.28. The molecule has 1 aliphatic carbocycles. The molecule has 0 aliphatic heterocycles. The fraction of sp³-hybridized carbons (Fsp3) is 0.632. The molecule has 0 heterocycles. The summed E-state index contributed by atoms with van der Waals surface area (Å²) in [6, 6.07) is 8.50. The molecule has 2 nitrogen and oxygen atoms in total. The number of benzene rings is 1. The Morgan fingerprint density at radius 3 is 2.05 bits per heavy atom. The van der Waals surface area contributed by atoms with Crippen LogP contribution in [-0.4, -0.2) is 11.1 Å². The van der Waals surface area contributed by atoms with Crippen LogP contribution in [0.5, 0.6) is 0 Å².